The van der Waals surface area contributed by atoms with E-state index in [-0.39, 0.29) is 6.61 Å². The van der Waals surface area contributed by atoms with E-state index in [1.165, 1.54) is 0 Å². The van der Waals surface area contributed by atoms with Gasteiger partial charge in [-0.15, -0.1) is 0 Å². The first-order valence-electron chi connectivity index (χ1n) is 4.96. The minimum Gasteiger partial charge on any atom is -0.381 e. The molecule has 1 fully saturated rings. The van der Waals surface area contributed by atoms with Gasteiger partial charge in [0.25, 0.3) is 0 Å². The Morgan fingerprint density at radius 2 is 2.21 bits per heavy atom. The smallest absolute Gasteiger partial charge is 0.243 e. The fraction of sp³-hybridized carbons (Fsp3) is 0.889. The molecule has 0 spiro atoms. The highest BCUT2D eigenvalue weighted by Crippen LogP contribution is 2.05. The fourth-order valence-corrected chi connectivity index (χ4v) is 1.41. The quantitative estimate of drug-likeness (QED) is 0.556. The Labute approximate surface area is 83.9 Å². The van der Waals surface area contributed by atoms with Crippen molar-refractivity contribution in [3.63, 3.8) is 0 Å². The van der Waals surface area contributed by atoms with E-state index >= 15 is 0 Å². The van der Waals surface area contributed by atoms with E-state index in [1.54, 1.807) is 0 Å². The van der Waals surface area contributed by atoms with Crippen LogP contribution < -0.4 is 11.1 Å². The molecule has 0 atom stereocenters. The second-order valence-electron chi connectivity index (χ2n) is 3.36. The third kappa shape index (κ3) is 5.16. The SMILES string of the molecule is NC(=O)COCCNC1CCOCC1. The minimum atomic E-state index is -0.420. The van der Waals surface area contributed by atoms with Gasteiger partial charge in [0.15, 0.2) is 0 Å². The van der Waals surface area contributed by atoms with Crippen molar-refractivity contribution < 1.29 is 14.3 Å². The van der Waals surface area contributed by atoms with E-state index in [1.807, 2.05) is 0 Å². The Hall–Kier alpha value is -0.650. The molecule has 82 valence electrons. The van der Waals surface area contributed by atoms with E-state index in [2.05, 4.69) is 5.32 Å². The van der Waals surface area contributed by atoms with Gasteiger partial charge in [-0.05, 0) is 12.8 Å². The van der Waals surface area contributed by atoms with E-state index < -0.39 is 5.91 Å². The number of ether oxygens (including phenoxy) is 2. The molecular weight excluding hydrogens is 184 g/mol. The molecule has 1 heterocycles. The van der Waals surface area contributed by atoms with Crippen molar-refractivity contribution in [2.75, 3.05) is 33.0 Å². The first-order chi connectivity index (χ1) is 6.79. The van der Waals surface area contributed by atoms with Crippen LogP contribution in [0.2, 0.25) is 0 Å². The van der Waals surface area contributed by atoms with Gasteiger partial charge in [-0.3, -0.25) is 4.79 Å². The van der Waals surface area contributed by atoms with Crippen LogP contribution in [0.3, 0.4) is 0 Å². The van der Waals surface area contributed by atoms with Gasteiger partial charge in [0, 0.05) is 25.8 Å². The Kier molecular flexibility index (Phi) is 5.51. The molecule has 0 unspecified atom stereocenters. The zero-order chi connectivity index (χ0) is 10.2. The molecule has 0 aromatic rings. The van der Waals surface area contributed by atoms with Gasteiger partial charge in [0.2, 0.25) is 5.91 Å². The molecular formula is C9H18N2O3. The predicted molar refractivity (Wildman–Crippen MR) is 51.9 cm³/mol. The van der Waals surface area contributed by atoms with Gasteiger partial charge >= 0.3 is 0 Å². The van der Waals surface area contributed by atoms with Gasteiger partial charge in [-0.2, -0.15) is 0 Å². The zero-order valence-electron chi connectivity index (χ0n) is 8.33. The molecule has 0 bridgehead atoms. The molecule has 5 nitrogen and oxygen atoms in total. The van der Waals surface area contributed by atoms with Crippen LogP contribution in [0, 0.1) is 0 Å². The van der Waals surface area contributed by atoms with Crippen LogP contribution in [0.1, 0.15) is 12.8 Å². The summed E-state index contributed by atoms with van der Waals surface area (Å²) < 4.78 is 10.2. The summed E-state index contributed by atoms with van der Waals surface area (Å²) in [6, 6.07) is 0.529. The maximum atomic E-state index is 10.3. The van der Waals surface area contributed by atoms with Gasteiger partial charge in [-0.1, -0.05) is 0 Å². The van der Waals surface area contributed by atoms with Gasteiger partial charge in [0.05, 0.1) is 6.61 Å². The molecule has 1 aliphatic heterocycles. The van der Waals surface area contributed by atoms with Crippen LogP contribution in [0.25, 0.3) is 0 Å². The summed E-state index contributed by atoms with van der Waals surface area (Å²) in [7, 11) is 0. The number of amides is 1. The number of rotatable bonds is 6. The van der Waals surface area contributed by atoms with Crippen LogP contribution in [-0.4, -0.2) is 44.9 Å². The Bertz CT molecular complexity index is 169. The standard InChI is InChI=1S/C9H18N2O3/c10-9(12)7-14-6-3-11-8-1-4-13-5-2-8/h8,11H,1-7H2,(H2,10,12). The molecule has 0 aromatic heterocycles. The van der Waals surface area contributed by atoms with Crippen molar-refractivity contribution in [3.8, 4) is 0 Å². The molecule has 0 saturated carbocycles. The highest BCUT2D eigenvalue weighted by Gasteiger charge is 2.11. The lowest BCUT2D eigenvalue weighted by atomic mass is 10.1. The summed E-state index contributed by atoms with van der Waals surface area (Å²) in [5, 5.41) is 3.34. The van der Waals surface area contributed by atoms with Gasteiger partial charge in [-0.25, -0.2) is 0 Å². The van der Waals surface area contributed by atoms with Crippen LogP contribution in [0.15, 0.2) is 0 Å². The van der Waals surface area contributed by atoms with Crippen LogP contribution in [0.4, 0.5) is 0 Å². The normalized spacial score (nSPS) is 18.3. The maximum Gasteiger partial charge on any atom is 0.243 e. The third-order valence-corrected chi connectivity index (χ3v) is 2.15. The molecule has 1 aliphatic rings. The van der Waals surface area contributed by atoms with Gasteiger partial charge < -0.3 is 20.5 Å². The Balaban J connectivity index is 1.90. The van der Waals surface area contributed by atoms with Gasteiger partial charge in [0.1, 0.15) is 6.61 Å². The number of nitrogens with one attached hydrogen (secondary N) is 1. The summed E-state index contributed by atoms with van der Waals surface area (Å²) in [6.07, 6.45) is 2.10. The van der Waals surface area contributed by atoms with Crippen LogP contribution in [0.5, 0.6) is 0 Å². The molecule has 0 aromatic carbocycles. The van der Waals surface area contributed by atoms with Crippen molar-refractivity contribution >= 4 is 5.91 Å². The number of primary amides is 1. The molecule has 14 heavy (non-hydrogen) atoms. The first kappa shape index (κ1) is 11.4. The van der Waals surface area contributed by atoms with E-state index in [0.717, 1.165) is 32.6 Å². The lowest BCUT2D eigenvalue weighted by Gasteiger charge is -2.23. The average molecular weight is 202 g/mol. The highest BCUT2D eigenvalue weighted by molar-refractivity contribution is 5.74. The van der Waals surface area contributed by atoms with Crippen LogP contribution in [-0.2, 0) is 14.3 Å². The lowest BCUT2D eigenvalue weighted by Crippen LogP contribution is -2.37. The average Bonchev–Trinajstić information content (AvgIpc) is 2.18. The molecule has 1 saturated heterocycles. The monoisotopic (exact) mass is 202 g/mol. The number of carbonyl (C=O) groups is 1. The Morgan fingerprint density at radius 1 is 1.50 bits per heavy atom. The summed E-state index contributed by atoms with van der Waals surface area (Å²) >= 11 is 0. The summed E-state index contributed by atoms with van der Waals surface area (Å²) in [6.45, 7) is 2.97. The van der Waals surface area contributed by atoms with Crippen molar-refractivity contribution in [3.05, 3.63) is 0 Å². The maximum absolute atomic E-state index is 10.3. The molecule has 0 aliphatic carbocycles. The van der Waals surface area contributed by atoms with Crippen molar-refractivity contribution in [1.82, 2.24) is 5.32 Å². The van der Waals surface area contributed by atoms with E-state index in [9.17, 15) is 4.79 Å². The number of hydrogen-bond acceptors (Lipinski definition) is 4. The third-order valence-electron chi connectivity index (χ3n) is 2.15. The largest absolute Gasteiger partial charge is 0.381 e. The molecule has 1 amide bonds. The summed E-state index contributed by atoms with van der Waals surface area (Å²) in [4.78, 5) is 10.3. The number of carbonyl (C=O) groups excluding carboxylic acids is 1. The number of hydrogen-bond donors (Lipinski definition) is 2. The molecule has 5 heteroatoms. The topological polar surface area (TPSA) is 73.6 Å². The second kappa shape index (κ2) is 6.75. The summed E-state index contributed by atoms with van der Waals surface area (Å²) in [5.74, 6) is -0.420. The van der Waals surface area contributed by atoms with E-state index in [4.69, 9.17) is 15.2 Å². The molecule has 0 radical (unpaired) electrons. The van der Waals surface area contributed by atoms with Crippen molar-refractivity contribution in [2.24, 2.45) is 5.73 Å². The second-order valence-corrected chi connectivity index (χ2v) is 3.36. The zero-order valence-corrected chi connectivity index (χ0v) is 8.33. The molecule has 3 N–H and O–H groups in total. The Morgan fingerprint density at radius 3 is 2.86 bits per heavy atom. The lowest BCUT2D eigenvalue weighted by molar-refractivity contribution is -0.122. The highest BCUT2D eigenvalue weighted by atomic mass is 16.5. The fourth-order valence-electron chi connectivity index (χ4n) is 1.41. The van der Waals surface area contributed by atoms with Crippen molar-refractivity contribution in [1.29, 1.82) is 0 Å². The van der Waals surface area contributed by atoms with Crippen LogP contribution >= 0.6 is 0 Å². The van der Waals surface area contributed by atoms with E-state index in [0.29, 0.717) is 12.6 Å². The minimum absolute atomic E-state index is 0.00938. The predicted octanol–water partition coefficient (Wildman–Crippen LogP) is -0.743. The summed E-state index contributed by atoms with van der Waals surface area (Å²) in [5.41, 5.74) is 4.92. The molecule has 1 rings (SSSR count). The van der Waals surface area contributed by atoms with Crippen molar-refractivity contribution in [2.45, 2.75) is 18.9 Å². The number of nitrogens with two attached hydrogens (primary N) is 1. The first-order valence-corrected chi connectivity index (χ1v) is 4.96.